The molecule has 13 nitrogen and oxygen atoms in total. The van der Waals surface area contributed by atoms with Gasteiger partial charge in [0.25, 0.3) is 0 Å². The van der Waals surface area contributed by atoms with E-state index >= 15 is 0 Å². The van der Waals surface area contributed by atoms with E-state index in [0.29, 0.717) is 4.90 Å². The molecule has 1 aliphatic rings. The van der Waals surface area contributed by atoms with Crippen LogP contribution < -0.4 is 25.0 Å². The van der Waals surface area contributed by atoms with Crippen LogP contribution in [0.5, 0.6) is 11.5 Å². The van der Waals surface area contributed by atoms with E-state index < -0.39 is 67.3 Å². The third-order valence-corrected chi connectivity index (χ3v) is 9.31. The number of benzene rings is 3. The van der Waals surface area contributed by atoms with Crippen LogP contribution in [0.1, 0.15) is 45.1 Å². The molecule has 3 atom stereocenters. The number of para-hydroxylation sites is 2. The fraction of sp³-hybridized carbons (Fsp3) is 0.294. The second kappa shape index (κ2) is 16.5. The van der Waals surface area contributed by atoms with Crippen molar-refractivity contribution in [2.24, 2.45) is 0 Å². The smallest absolute Gasteiger partial charge is 0.415 e. The number of nitrogens with zero attached hydrogens (tertiary/aromatic N) is 1. The first-order chi connectivity index (χ1) is 22.9. The minimum absolute atomic E-state index is 0.0512. The first-order valence-corrected chi connectivity index (χ1v) is 17.0. The number of imide groups is 3. The van der Waals surface area contributed by atoms with Crippen molar-refractivity contribution >= 4 is 43.0 Å². The van der Waals surface area contributed by atoms with E-state index in [0.717, 1.165) is 5.56 Å². The maximum Gasteiger partial charge on any atom is 0.453 e. The SMILES string of the molecule is C[C@H](NC(=O)CCC(=O)N1C(=O)CCC1=O)C(=O)N[C@@H](C)C(=O)NC(Cc1ccccc1)P(=O)(Oc1ccccc1)Oc1ccccc1. The van der Waals surface area contributed by atoms with Crippen LogP contribution in [-0.4, -0.2) is 58.2 Å². The van der Waals surface area contributed by atoms with Gasteiger partial charge in [0.2, 0.25) is 35.4 Å². The van der Waals surface area contributed by atoms with Gasteiger partial charge in [-0.2, -0.15) is 0 Å². The molecule has 3 aromatic carbocycles. The number of amides is 6. The first-order valence-electron chi connectivity index (χ1n) is 15.4. The van der Waals surface area contributed by atoms with E-state index in [1.54, 1.807) is 84.9 Å². The molecule has 252 valence electrons. The van der Waals surface area contributed by atoms with Gasteiger partial charge in [-0.25, -0.2) is 9.46 Å². The third kappa shape index (κ3) is 9.85. The highest BCUT2D eigenvalue weighted by atomic mass is 31.2. The summed E-state index contributed by atoms with van der Waals surface area (Å²) in [6.45, 7) is 2.81. The predicted octanol–water partition coefficient (Wildman–Crippen LogP) is 3.49. The Kier molecular flexibility index (Phi) is 12.2. The van der Waals surface area contributed by atoms with Crippen molar-refractivity contribution in [2.75, 3.05) is 0 Å². The normalized spacial score (nSPS) is 14.8. The van der Waals surface area contributed by atoms with Crippen LogP contribution in [0.25, 0.3) is 0 Å². The zero-order valence-corrected chi connectivity index (χ0v) is 27.4. The van der Waals surface area contributed by atoms with Gasteiger partial charge in [0.05, 0.1) is 0 Å². The zero-order chi connectivity index (χ0) is 34.7. The van der Waals surface area contributed by atoms with Crippen LogP contribution in [0, 0.1) is 0 Å². The van der Waals surface area contributed by atoms with Gasteiger partial charge < -0.3 is 25.0 Å². The van der Waals surface area contributed by atoms with Crippen LogP contribution in [0.3, 0.4) is 0 Å². The number of hydrogen-bond acceptors (Lipinski definition) is 9. The lowest BCUT2D eigenvalue weighted by Gasteiger charge is -2.29. The molecule has 0 saturated carbocycles. The summed E-state index contributed by atoms with van der Waals surface area (Å²) in [7, 11) is -4.21. The number of carbonyl (C=O) groups is 6. The van der Waals surface area contributed by atoms with Gasteiger partial charge in [0.1, 0.15) is 23.6 Å². The molecule has 0 spiro atoms. The molecule has 48 heavy (non-hydrogen) atoms. The zero-order valence-electron chi connectivity index (χ0n) is 26.5. The summed E-state index contributed by atoms with van der Waals surface area (Å²) in [5.41, 5.74) is 0.737. The Morgan fingerprint density at radius 1 is 0.688 bits per heavy atom. The fourth-order valence-electron chi connectivity index (χ4n) is 4.74. The number of carbonyl (C=O) groups excluding carboxylic acids is 6. The summed E-state index contributed by atoms with van der Waals surface area (Å²) in [6, 6.07) is 23.6. The second-order valence-electron chi connectivity index (χ2n) is 11.1. The van der Waals surface area contributed by atoms with Crippen LogP contribution in [-0.2, 0) is 39.8 Å². The van der Waals surface area contributed by atoms with Gasteiger partial charge in [0, 0.05) is 32.1 Å². The topological polar surface area (TPSA) is 177 Å². The Morgan fingerprint density at radius 2 is 1.15 bits per heavy atom. The van der Waals surface area contributed by atoms with E-state index in [9.17, 15) is 33.3 Å². The maximum absolute atomic E-state index is 14.6. The molecule has 1 saturated heterocycles. The van der Waals surface area contributed by atoms with Crippen LogP contribution in [0.2, 0.25) is 0 Å². The standard InChI is InChI=1S/C34H37N4O9P/c1-23(35-28(39)18-19-30(40)38-31(41)20-21-32(38)42)33(43)36-24(2)34(44)37-29(22-25-12-6-3-7-13-25)48(45,46-26-14-8-4-9-15-26)47-27-16-10-5-11-17-27/h3-17,23-24,29H,18-22H2,1-2H3,(H,35,39)(H,36,43)(H,37,44)/t23-,24-,29?/m0/s1. The van der Waals surface area contributed by atoms with Gasteiger partial charge >= 0.3 is 7.60 Å². The third-order valence-electron chi connectivity index (χ3n) is 7.30. The monoisotopic (exact) mass is 676 g/mol. The van der Waals surface area contributed by atoms with Gasteiger partial charge in [-0.05, 0) is 43.7 Å². The van der Waals surface area contributed by atoms with E-state index in [4.69, 9.17) is 9.05 Å². The van der Waals surface area contributed by atoms with Crippen molar-refractivity contribution in [3.05, 3.63) is 96.6 Å². The molecule has 1 unspecified atom stereocenters. The summed E-state index contributed by atoms with van der Waals surface area (Å²) in [5.74, 6) is -4.73. The van der Waals surface area contributed by atoms with Gasteiger partial charge in [0.15, 0.2) is 5.78 Å². The van der Waals surface area contributed by atoms with Crippen LogP contribution in [0.4, 0.5) is 0 Å². The molecule has 6 amide bonds. The predicted molar refractivity (Wildman–Crippen MR) is 174 cm³/mol. The molecule has 4 rings (SSSR count). The lowest BCUT2D eigenvalue weighted by atomic mass is 10.1. The summed E-state index contributed by atoms with van der Waals surface area (Å²) in [6.07, 6.45) is -0.795. The van der Waals surface area contributed by atoms with Crippen molar-refractivity contribution in [3.63, 3.8) is 0 Å². The summed E-state index contributed by atoms with van der Waals surface area (Å²) in [5, 5.41) is 7.71. The Balaban J connectivity index is 1.43. The minimum atomic E-state index is -4.21. The van der Waals surface area contributed by atoms with Crippen molar-refractivity contribution < 1.29 is 42.4 Å². The maximum atomic E-state index is 14.6. The molecule has 1 heterocycles. The van der Waals surface area contributed by atoms with E-state index in [2.05, 4.69) is 16.0 Å². The highest BCUT2D eigenvalue weighted by Gasteiger charge is 2.41. The van der Waals surface area contributed by atoms with Gasteiger partial charge in [-0.15, -0.1) is 0 Å². The number of nitrogens with one attached hydrogen (secondary N) is 3. The fourth-order valence-corrected chi connectivity index (χ4v) is 6.58. The lowest BCUT2D eigenvalue weighted by Crippen LogP contribution is -2.53. The molecule has 1 fully saturated rings. The Labute approximate surface area is 277 Å². The Bertz CT molecular complexity index is 1610. The van der Waals surface area contributed by atoms with Crippen molar-refractivity contribution in [2.45, 2.75) is 63.8 Å². The van der Waals surface area contributed by atoms with Gasteiger partial charge in [-0.3, -0.25) is 28.8 Å². The molecule has 0 bridgehead atoms. The molecule has 0 radical (unpaired) electrons. The molecule has 0 aliphatic carbocycles. The van der Waals surface area contributed by atoms with E-state index in [-0.39, 0.29) is 37.2 Å². The number of likely N-dealkylation sites (tertiary alicyclic amines) is 1. The summed E-state index contributed by atoms with van der Waals surface area (Å²) >= 11 is 0. The van der Waals surface area contributed by atoms with E-state index in [1.807, 2.05) is 6.07 Å². The van der Waals surface area contributed by atoms with Crippen molar-refractivity contribution in [1.82, 2.24) is 20.9 Å². The quantitative estimate of drug-likeness (QED) is 0.161. The molecule has 3 N–H and O–H groups in total. The first kappa shape index (κ1) is 35.6. The van der Waals surface area contributed by atoms with Crippen molar-refractivity contribution in [3.8, 4) is 11.5 Å². The molecule has 14 heteroatoms. The minimum Gasteiger partial charge on any atom is -0.415 e. The Morgan fingerprint density at radius 3 is 1.67 bits per heavy atom. The van der Waals surface area contributed by atoms with E-state index in [1.165, 1.54) is 13.8 Å². The second-order valence-corrected chi connectivity index (χ2v) is 13.2. The van der Waals surface area contributed by atoms with Crippen LogP contribution >= 0.6 is 7.60 Å². The average Bonchev–Trinajstić information content (AvgIpc) is 3.41. The Hall–Kier alpha value is -5.29. The molecule has 0 aromatic heterocycles. The summed E-state index contributed by atoms with van der Waals surface area (Å²) in [4.78, 5) is 75.1. The molecule has 3 aromatic rings. The summed E-state index contributed by atoms with van der Waals surface area (Å²) < 4.78 is 26.6. The molecular formula is C34H37N4O9P. The van der Waals surface area contributed by atoms with Gasteiger partial charge in [-0.1, -0.05) is 66.7 Å². The van der Waals surface area contributed by atoms with Crippen LogP contribution in [0.15, 0.2) is 91.0 Å². The largest absolute Gasteiger partial charge is 0.453 e. The highest BCUT2D eigenvalue weighted by molar-refractivity contribution is 7.55. The average molecular weight is 677 g/mol. The lowest BCUT2D eigenvalue weighted by molar-refractivity contribution is -0.150. The number of rotatable bonds is 15. The molecular weight excluding hydrogens is 639 g/mol. The number of hydrogen-bond donors (Lipinski definition) is 3. The molecule has 1 aliphatic heterocycles. The van der Waals surface area contributed by atoms with Crippen molar-refractivity contribution in [1.29, 1.82) is 0 Å². The highest BCUT2D eigenvalue weighted by Crippen LogP contribution is 2.53.